The second kappa shape index (κ2) is 9.50. The summed E-state index contributed by atoms with van der Waals surface area (Å²) >= 11 is 0. The van der Waals surface area contributed by atoms with Gasteiger partial charge in [-0.3, -0.25) is 14.5 Å². The summed E-state index contributed by atoms with van der Waals surface area (Å²) in [4.78, 5) is 38.4. The van der Waals surface area contributed by atoms with E-state index in [1.807, 2.05) is 18.7 Å². The molecule has 0 saturated carbocycles. The Morgan fingerprint density at radius 1 is 1.17 bits per heavy atom. The van der Waals surface area contributed by atoms with Gasteiger partial charge in [-0.1, -0.05) is 20.3 Å². The predicted octanol–water partition coefficient (Wildman–Crippen LogP) is 0.546. The van der Waals surface area contributed by atoms with Crippen molar-refractivity contribution in [2.75, 3.05) is 32.7 Å². The van der Waals surface area contributed by atoms with Crippen LogP contribution in [0.1, 0.15) is 40.0 Å². The molecule has 0 aromatic rings. The molecule has 2 N–H and O–H groups in total. The standard InChI is InChI=1S/C16H29N3O4/c1-4-12(2)15(16(22)23)17-14(21)6-5-7-18-8-10-19(11-9-18)13(3)20/h12,15H,4-11H2,1-3H3,(H,17,21)(H,22,23). The van der Waals surface area contributed by atoms with E-state index in [1.54, 1.807) is 6.92 Å². The molecule has 0 aromatic carbocycles. The summed E-state index contributed by atoms with van der Waals surface area (Å²) < 4.78 is 0. The molecule has 2 atom stereocenters. The van der Waals surface area contributed by atoms with Crippen molar-refractivity contribution in [3.05, 3.63) is 0 Å². The first-order valence-electron chi connectivity index (χ1n) is 8.35. The van der Waals surface area contributed by atoms with E-state index in [4.69, 9.17) is 5.11 Å². The molecule has 0 spiro atoms. The molecular formula is C16H29N3O4. The lowest BCUT2D eigenvalue weighted by Gasteiger charge is -2.34. The highest BCUT2D eigenvalue weighted by Gasteiger charge is 2.25. The Morgan fingerprint density at radius 3 is 2.26 bits per heavy atom. The second-order valence-corrected chi connectivity index (χ2v) is 6.22. The quantitative estimate of drug-likeness (QED) is 0.679. The first kappa shape index (κ1) is 19.4. The normalized spacial score (nSPS) is 18.3. The molecule has 1 aliphatic heterocycles. The average molecular weight is 327 g/mol. The van der Waals surface area contributed by atoms with Crippen LogP contribution in [0, 0.1) is 5.92 Å². The summed E-state index contributed by atoms with van der Waals surface area (Å²) in [7, 11) is 0. The summed E-state index contributed by atoms with van der Waals surface area (Å²) in [6.45, 7) is 9.22. The number of carboxylic acids is 1. The van der Waals surface area contributed by atoms with Crippen molar-refractivity contribution in [2.45, 2.75) is 46.1 Å². The van der Waals surface area contributed by atoms with Crippen LogP contribution in [-0.2, 0) is 14.4 Å². The summed E-state index contributed by atoms with van der Waals surface area (Å²) in [5.74, 6) is -1.17. The van der Waals surface area contributed by atoms with E-state index in [1.165, 1.54) is 0 Å². The molecule has 0 radical (unpaired) electrons. The molecule has 1 aliphatic rings. The monoisotopic (exact) mass is 327 g/mol. The Morgan fingerprint density at radius 2 is 1.78 bits per heavy atom. The van der Waals surface area contributed by atoms with Crippen molar-refractivity contribution < 1.29 is 19.5 Å². The number of nitrogens with zero attached hydrogens (tertiary/aromatic N) is 2. The van der Waals surface area contributed by atoms with Crippen molar-refractivity contribution in [3.8, 4) is 0 Å². The van der Waals surface area contributed by atoms with E-state index in [-0.39, 0.29) is 17.7 Å². The fourth-order valence-electron chi connectivity index (χ4n) is 2.68. The number of carboxylic acid groups (broad SMARTS) is 1. The maximum Gasteiger partial charge on any atom is 0.326 e. The number of nitrogens with one attached hydrogen (secondary N) is 1. The Balaban J connectivity index is 2.26. The first-order chi connectivity index (χ1) is 10.8. The SMILES string of the molecule is CCC(C)C(NC(=O)CCCN1CCN(C(C)=O)CC1)C(=O)O. The molecule has 7 nitrogen and oxygen atoms in total. The van der Waals surface area contributed by atoms with Crippen molar-refractivity contribution >= 4 is 17.8 Å². The largest absolute Gasteiger partial charge is 0.480 e. The molecule has 7 heteroatoms. The van der Waals surface area contributed by atoms with Crippen LogP contribution in [0.3, 0.4) is 0 Å². The van der Waals surface area contributed by atoms with Crippen LogP contribution in [-0.4, -0.2) is 71.5 Å². The van der Waals surface area contributed by atoms with E-state index in [0.717, 1.165) is 32.7 Å². The van der Waals surface area contributed by atoms with Crippen LogP contribution in [0.2, 0.25) is 0 Å². The highest BCUT2D eigenvalue weighted by atomic mass is 16.4. The van der Waals surface area contributed by atoms with Crippen LogP contribution in [0.4, 0.5) is 0 Å². The molecule has 132 valence electrons. The summed E-state index contributed by atoms with van der Waals surface area (Å²) in [6.07, 6.45) is 1.73. The molecule has 1 saturated heterocycles. The maximum absolute atomic E-state index is 11.9. The van der Waals surface area contributed by atoms with Gasteiger partial charge in [0.15, 0.2) is 0 Å². The van der Waals surface area contributed by atoms with Gasteiger partial charge in [0.25, 0.3) is 0 Å². The van der Waals surface area contributed by atoms with Crippen molar-refractivity contribution in [2.24, 2.45) is 5.92 Å². The second-order valence-electron chi connectivity index (χ2n) is 6.22. The number of hydrogen-bond donors (Lipinski definition) is 2. The van der Waals surface area contributed by atoms with Gasteiger partial charge in [0, 0.05) is 39.5 Å². The van der Waals surface area contributed by atoms with E-state index in [0.29, 0.717) is 19.3 Å². The molecule has 2 unspecified atom stereocenters. The molecule has 23 heavy (non-hydrogen) atoms. The van der Waals surface area contributed by atoms with E-state index in [2.05, 4.69) is 10.2 Å². The Labute approximate surface area is 138 Å². The molecule has 1 heterocycles. The predicted molar refractivity (Wildman–Crippen MR) is 86.9 cm³/mol. The highest BCUT2D eigenvalue weighted by Crippen LogP contribution is 2.09. The van der Waals surface area contributed by atoms with Gasteiger partial charge in [-0.05, 0) is 18.9 Å². The Bertz CT molecular complexity index is 420. The lowest BCUT2D eigenvalue weighted by atomic mass is 9.99. The molecule has 1 rings (SSSR count). The third-order valence-corrected chi connectivity index (χ3v) is 4.49. The van der Waals surface area contributed by atoms with Gasteiger partial charge in [-0.15, -0.1) is 0 Å². The van der Waals surface area contributed by atoms with E-state index in [9.17, 15) is 14.4 Å². The summed E-state index contributed by atoms with van der Waals surface area (Å²) in [6, 6.07) is -0.813. The molecular weight excluding hydrogens is 298 g/mol. The highest BCUT2D eigenvalue weighted by molar-refractivity contribution is 5.83. The third kappa shape index (κ3) is 6.56. The van der Waals surface area contributed by atoms with Crippen molar-refractivity contribution in [1.29, 1.82) is 0 Å². The zero-order chi connectivity index (χ0) is 17.4. The van der Waals surface area contributed by atoms with Crippen LogP contribution in [0.15, 0.2) is 0 Å². The molecule has 0 bridgehead atoms. The molecule has 1 fully saturated rings. The average Bonchev–Trinajstić information content (AvgIpc) is 2.52. The summed E-state index contributed by atoms with van der Waals surface area (Å²) in [5, 5.41) is 11.8. The van der Waals surface area contributed by atoms with Gasteiger partial charge < -0.3 is 15.3 Å². The van der Waals surface area contributed by atoms with Crippen molar-refractivity contribution in [1.82, 2.24) is 15.1 Å². The Kier molecular flexibility index (Phi) is 8.02. The minimum atomic E-state index is -0.979. The number of rotatable bonds is 8. The van der Waals surface area contributed by atoms with Crippen LogP contribution in [0.5, 0.6) is 0 Å². The molecule has 0 aliphatic carbocycles. The van der Waals surface area contributed by atoms with Crippen molar-refractivity contribution in [3.63, 3.8) is 0 Å². The minimum absolute atomic E-state index is 0.0869. The summed E-state index contributed by atoms with van der Waals surface area (Å²) in [5.41, 5.74) is 0. The number of hydrogen-bond acceptors (Lipinski definition) is 4. The zero-order valence-corrected chi connectivity index (χ0v) is 14.4. The van der Waals surface area contributed by atoms with Crippen LogP contribution < -0.4 is 5.32 Å². The lowest BCUT2D eigenvalue weighted by molar-refractivity contribution is -0.143. The lowest BCUT2D eigenvalue weighted by Crippen LogP contribution is -2.48. The number of piperazine rings is 1. The smallest absolute Gasteiger partial charge is 0.326 e. The van der Waals surface area contributed by atoms with Gasteiger partial charge in [0.05, 0.1) is 0 Å². The topological polar surface area (TPSA) is 90.0 Å². The zero-order valence-electron chi connectivity index (χ0n) is 14.4. The number of carbonyl (C=O) groups excluding carboxylic acids is 2. The molecule has 2 amide bonds. The van der Waals surface area contributed by atoms with E-state index >= 15 is 0 Å². The first-order valence-corrected chi connectivity index (χ1v) is 8.35. The molecule has 0 aromatic heterocycles. The van der Waals surface area contributed by atoms with Gasteiger partial charge in [0.1, 0.15) is 6.04 Å². The van der Waals surface area contributed by atoms with Crippen LogP contribution >= 0.6 is 0 Å². The van der Waals surface area contributed by atoms with Gasteiger partial charge in [0.2, 0.25) is 11.8 Å². The fourth-order valence-corrected chi connectivity index (χ4v) is 2.68. The third-order valence-electron chi connectivity index (χ3n) is 4.49. The van der Waals surface area contributed by atoms with Crippen LogP contribution in [0.25, 0.3) is 0 Å². The minimum Gasteiger partial charge on any atom is -0.480 e. The number of aliphatic carboxylic acids is 1. The van der Waals surface area contributed by atoms with Gasteiger partial charge >= 0.3 is 5.97 Å². The maximum atomic E-state index is 11.9. The van der Waals surface area contributed by atoms with E-state index < -0.39 is 12.0 Å². The Hall–Kier alpha value is -1.63. The number of carbonyl (C=O) groups is 3. The number of amides is 2. The van der Waals surface area contributed by atoms with Gasteiger partial charge in [-0.25, -0.2) is 4.79 Å². The van der Waals surface area contributed by atoms with Gasteiger partial charge in [-0.2, -0.15) is 0 Å². The fraction of sp³-hybridized carbons (Fsp3) is 0.812.